The van der Waals surface area contributed by atoms with Gasteiger partial charge in [-0.3, -0.25) is 9.59 Å². The summed E-state index contributed by atoms with van der Waals surface area (Å²) < 4.78 is 5.36. The number of benzene rings is 1. The summed E-state index contributed by atoms with van der Waals surface area (Å²) in [4.78, 5) is 27.9. The highest BCUT2D eigenvalue weighted by atomic mass is 32.1. The maximum atomic E-state index is 11.7. The number of amides is 1. The molecule has 0 spiro atoms. The van der Waals surface area contributed by atoms with E-state index in [4.69, 9.17) is 4.74 Å². The van der Waals surface area contributed by atoms with E-state index in [1.807, 2.05) is 6.92 Å². The minimum absolute atomic E-state index is 0.000793. The molecule has 1 heterocycles. The molecule has 1 amide bonds. The molecule has 2 rings (SSSR count). The van der Waals surface area contributed by atoms with Gasteiger partial charge in [-0.25, -0.2) is 4.98 Å². The lowest BCUT2D eigenvalue weighted by molar-refractivity contribution is -0.123. The molecule has 0 aliphatic rings. The van der Waals surface area contributed by atoms with Crippen LogP contribution in [0.5, 0.6) is 5.75 Å². The first-order valence-electron chi connectivity index (χ1n) is 6.46. The van der Waals surface area contributed by atoms with Crippen molar-refractivity contribution in [3.05, 3.63) is 45.9 Å². The number of nitrogens with zero attached hydrogens (tertiary/aromatic N) is 1. The van der Waals surface area contributed by atoms with Gasteiger partial charge in [-0.15, -0.1) is 11.3 Å². The van der Waals surface area contributed by atoms with Gasteiger partial charge in [-0.05, 0) is 38.1 Å². The second-order valence-corrected chi connectivity index (χ2v) is 5.81. The lowest BCUT2D eigenvalue weighted by Crippen LogP contribution is -2.28. The maximum absolute atomic E-state index is 11.7. The van der Waals surface area contributed by atoms with E-state index < -0.39 is 0 Å². The number of carbonyl (C=O) groups is 2. The minimum Gasteiger partial charge on any atom is -0.484 e. The van der Waals surface area contributed by atoms with E-state index in [0.29, 0.717) is 17.9 Å². The van der Waals surface area contributed by atoms with Gasteiger partial charge in [0.2, 0.25) is 0 Å². The predicted octanol–water partition coefficient (Wildman–Crippen LogP) is 2.35. The number of rotatable bonds is 6. The third kappa shape index (κ3) is 4.68. The third-order valence-electron chi connectivity index (χ3n) is 2.76. The fourth-order valence-electron chi connectivity index (χ4n) is 1.66. The fourth-order valence-corrected chi connectivity index (χ4v) is 2.39. The van der Waals surface area contributed by atoms with Gasteiger partial charge in [0.1, 0.15) is 5.75 Å². The molecule has 6 heteroatoms. The van der Waals surface area contributed by atoms with Gasteiger partial charge < -0.3 is 10.1 Å². The lowest BCUT2D eigenvalue weighted by atomic mass is 10.1. The first-order chi connectivity index (χ1) is 10.0. The van der Waals surface area contributed by atoms with Crippen LogP contribution < -0.4 is 10.1 Å². The highest BCUT2D eigenvalue weighted by Crippen LogP contribution is 2.13. The van der Waals surface area contributed by atoms with Crippen LogP contribution in [0.2, 0.25) is 0 Å². The van der Waals surface area contributed by atoms with Crippen molar-refractivity contribution in [3.8, 4) is 5.75 Å². The number of hydrogen-bond acceptors (Lipinski definition) is 5. The van der Waals surface area contributed by atoms with Crippen molar-refractivity contribution in [3.63, 3.8) is 0 Å². The number of ether oxygens (including phenoxy) is 1. The molecule has 0 aliphatic heterocycles. The summed E-state index contributed by atoms with van der Waals surface area (Å²) in [6, 6.07) is 6.71. The van der Waals surface area contributed by atoms with E-state index in [-0.39, 0.29) is 18.3 Å². The van der Waals surface area contributed by atoms with Crippen LogP contribution in [0.25, 0.3) is 0 Å². The molecule has 21 heavy (non-hydrogen) atoms. The Hall–Kier alpha value is -2.21. The van der Waals surface area contributed by atoms with Crippen molar-refractivity contribution < 1.29 is 14.3 Å². The van der Waals surface area contributed by atoms with Crippen LogP contribution in [0.1, 0.15) is 27.2 Å². The molecule has 2 aromatic rings. The van der Waals surface area contributed by atoms with E-state index >= 15 is 0 Å². The number of aromatic nitrogens is 1. The van der Waals surface area contributed by atoms with Gasteiger partial charge in [0.25, 0.3) is 5.91 Å². The summed E-state index contributed by atoms with van der Waals surface area (Å²) in [5.74, 6) is 0.361. The zero-order chi connectivity index (χ0) is 15.2. The van der Waals surface area contributed by atoms with Crippen LogP contribution in [-0.4, -0.2) is 23.3 Å². The molecule has 0 unspecified atom stereocenters. The van der Waals surface area contributed by atoms with Gasteiger partial charge in [0.15, 0.2) is 12.4 Å². The average molecular weight is 304 g/mol. The molecule has 1 aromatic carbocycles. The zero-order valence-corrected chi connectivity index (χ0v) is 12.7. The highest BCUT2D eigenvalue weighted by Gasteiger charge is 2.05. The molecular formula is C15H16N2O3S. The number of carbonyl (C=O) groups excluding carboxylic acids is 2. The van der Waals surface area contributed by atoms with E-state index in [9.17, 15) is 9.59 Å². The van der Waals surface area contributed by atoms with Gasteiger partial charge in [0, 0.05) is 16.6 Å². The highest BCUT2D eigenvalue weighted by molar-refractivity contribution is 7.11. The monoisotopic (exact) mass is 304 g/mol. The number of aryl methyl sites for hydroxylation is 1. The van der Waals surface area contributed by atoms with E-state index in [2.05, 4.69) is 10.3 Å². The van der Waals surface area contributed by atoms with Crippen LogP contribution >= 0.6 is 11.3 Å². The van der Waals surface area contributed by atoms with Crippen LogP contribution in [0, 0.1) is 6.92 Å². The van der Waals surface area contributed by atoms with Gasteiger partial charge in [-0.1, -0.05) is 0 Å². The number of ketones is 1. The van der Waals surface area contributed by atoms with Crippen molar-refractivity contribution >= 4 is 23.0 Å². The lowest BCUT2D eigenvalue weighted by Gasteiger charge is -2.07. The summed E-state index contributed by atoms with van der Waals surface area (Å²) in [6.07, 6.45) is 1.75. The number of nitrogens with one attached hydrogen (secondary N) is 1. The van der Waals surface area contributed by atoms with Crippen LogP contribution in [0.4, 0.5) is 0 Å². The van der Waals surface area contributed by atoms with E-state index in [1.165, 1.54) is 6.92 Å². The summed E-state index contributed by atoms with van der Waals surface area (Å²) >= 11 is 1.55. The molecule has 0 bridgehead atoms. The Balaban J connectivity index is 1.77. The molecule has 0 atom stereocenters. The van der Waals surface area contributed by atoms with E-state index in [0.717, 1.165) is 9.88 Å². The average Bonchev–Trinajstić information content (AvgIpc) is 2.89. The van der Waals surface area contributed by atoms with Gasteiger partial charge in [0.05, 0.1) is 11.6 Å². The first-order valence-corrected chi connectivity index (χ1v) is 7.28. The van der Waals surface area contributed by atoms with Crippen LogP contribution in [-0.2, 0) is 11.3 Å². The summed E-state index contributed by atoms with van der Waals surface area (Å²) in [5.41, 5.74) is 0.618. The Labute approximate surface area is 127 Å². The number of Topliss-reactive ketones (excluding diaryl/α,β-unsaturated/α-hetero) is 1. The molecule has 5 nitrogen and oxygen atoms in total. The summed E-state index contributed by atoms with van der Waals surface area (Å²) in [7, 11) is 0. The molecule has 1 aromatic heterocycles. The van der Waals surface area contributed by atoms with Crippen molar-refractivity contribution in [2.75, 3.05) is 6.61 Å². The molecule has 0 aliphatic carbocycles. The van der Waals surface area contributed by atoms with Gasteiger partial charge in [-0.2, -0.15) is 0 Å². The Bertz CT molecular complexity index is 635. The predicted molar refractivity (Wildman–Crippen MR) is 80.6 cm³/mol. The van der Waals surface area contributed by atoms with E-state index in [1.54, 1.807) is 41.8 Å². The Kier molecular flexibility index (Phi) is 5.05. The summed E-state index contributed by atoms with van der Waals surface area (Å²) in [5, 5.41) is 3.74. The number of hydrogen-bond donors (Lipinski definition) is 1. The van der Waals surface area contributed by atoms with Crippen LogP contribution in [0.3, 0.4) is 0 Å². The molecule has 110 valence electrons. The topological polar surface area (TPSA) is 68.3 Å². The molecule has 1 N–H and O–H groups in total. The second-order valence-electron chi connectivity index (χ2n) is 4.49. The number of thiazole rings is 1. The molecule has 0 saturated carbocycles. The normalized spacial score (nSPS) is 10.2. The Morgan fingerprint density at radius 1 is 1.29 bits per heavy atom. The zero-order valence-electron chi connectivity index (χ0n) is 11.9. The summed E-state index contributed by atoms with van der Waals surface area (Å²) in [6.45, 7) is 3.82. The maximum Gasteiger partial charge on any atom is 0.258 e. The molecular weight excluding hydrogens is 288 g/mol. The quantitative estimate of drug-likeness (QED) is 0.832. The van der Waals surface area contributed by atoms with Crippen molar-refractivity contribution in [2.24, 2.45) is 0 Å². The standard InChI is InChI=1S/C15H16N2O3S/c1-10(18)12-3-5-13(6-4-12)20-9-15(19)17-8-14-7-16-11(2)21-14/h3-7H,8-9H2,1-2H3,(H,17,19). The van der Waals surface area contributed by atoms with Crippen LogP contribution in [0.15, 0.2) is 30.5 Å². The van der Waals surface area contributed by atoms with Crippen molar-refractivity contribution in [2.45, 2.75) is 20.4 Å². The Morgan fingerprint density at radius 2 is 2.00 bits per heavy atom. The van der Waals surface area contributed by atoms with Gasteiger partial charge >= 0.3 is 0 Å². The second kappa shape index (κ2) is 6.99. The molecule has 0 saturated heterocycles. The Morgan fingerprint density at radius 3 is 2.57 bits per heavy atom. The minimum atomic E-state index is -0.198. The van der Waals surface area contributed by atoms with Crippen molar-refractivity contribution in [1.29, 1.82) is 0 Å². The van der Waals surface area contributed by atoms with Crippen molar-refractivity contribution in [1.82, 2.24) is 10.3 Å². The first kappa shape index (κ1) is 15.2. The largest absolute Gasteiger partial charge is 0.484 e. The molecule has 0 fully saturated rings. The smallest absolute Gasteiger partial charge is 0.258 e. The SMILES string of the molecule is CC(=O)c1ccc(OCC(=O)NCc2cnc(C)s2)cc1. The molecule has 0 radical (unpaired) electrons. The fraction of sp³-hybridized carbons (Fsp3) is 0.267. The third-order valence-corrected chi connectivity index (χ3v) is 3.67.